The fourth-order valence-electron chi connectivity index (χ4n) is 2.55. The molecule has 6 nitrogen and oxygen atoms in total. The molecule has 134 valence electrons. The molecule has 0 bridgehead atoms. The van der Waals surface area contributed by atoms with E-state index in [4.69, 9.17) is 4.74 Å². The predicted molar refractivity (Wildman–Crippen MR) is 97.7 cm³/mol. The van der Waals surface area contributed by atoms with Crippen LogP contribution >= 0.6 is 0 Å². The van der Waals surface area contributed by atoms with Crippen LogP contribution in [0.2, 0.25) is 0 Å². The molecule has 0 saturated heterocycles. The Morgan fingerprint density at radius 1 is 1.08 bits per heavy atom. The summed E-state index contributed by atoms with van der Waals surface area (Å²) in [4.78, 5) is 12.4. The van der Waals surface area contributed by atoms with Crippen LogP contribution in [0.25, 0.3) is 0 Å². The van der Waals surface area contributed by atoms with Crippen molar-refractivity contribution in [3.8, 4) is 5.75 Å². The second-order valence-corrected chi connectivity index (χ2v) is 7.43. The van der Waals surface area contributed by atoms with Gasteiger partial charge in [0.05, 0.1) is 7.11 Å². The largest absolute Gasteiger partial charge is 0.495 e. The summed E-state index contributed by atoms with van der Waals surface area (Å²) in [7, 11) is -2.37. The number of nitrogens with one attached hydrogen (secondary N) is 2. The summed E-state index contributed by atoms with van der Waals surface area (Å²) in [5.74, 6) is -0.204. The van der Waals surface area contributed by atoms with Gasteiger partial charge in [0.25, 0.3) is 5.91 Å². The van der Waals surface area contributed by atoms with Crippen LogP contribution in [-0.2, 0) is 10.0 Å². The lowest BCUT2D eigenvalue weighted by Gasteiger charge is -2.12. The number of sulfonamides is 1. The van der Waals surface area contributed by atoms with E-state index in [2.05, 4.69) is 10.0 Å². The second-order valence-electron chi connectivity index (χ2n) is 5.70. The van der Waals surface area contributed by atoms with Gasteiger partial charge in [-0.05, 0) is 55.3 Å². The topological polar surface area (TPSA) is 84.5 Å². The van der Waals surface area contributed by atoms with Crippen molar-refractivity contribution in [2.45, 2.75) is 25.7 Å². The van der Waals surface area contributed by atoms with Gasteiger partial charge in [0.15, 0.2) is 0 Å². The molecule has 0 heterocycles. The van der Waals surface area contributed by atoms with E-state index < -0.39 is 10.0 Å². The van der Waals surface area contributed by atoms with Crippen molar-refractivity contribution in [3.63, 3.8) is 0 Å². The maximum absolute atomic E-state index is 12.5. The highest BCUT2D eigenvalue weighted by Gasteiger charge is 2.21. The van der Waals surface area contributed by atoms with Crippen molar-refractivity contribution in [1.29, 1.82) is 0 Å². The molecule has 1 amide bonds. The van der Waals surface area contributed by atoms with Gasteiger partial charge in [0, 0.05) is 17.8 Å². The quantitative estimate of drug-likeness (QED) is 0.827. The maximum atomic E-state index is 12.5. The minimum atomic E-state index is -3.75. The molecule has 0 atom stereocenters. The Labute approximate surface area is 148 Å². The molecule has 0 radical (unpaired) electrons. The highest BCUT2D eigenvalue weighted by atomic mass is 32.2. The molecule has 0 saturated carbocycles. The van der Waals surface area contributed by atoms with Gasteiger partial charge < -0.3 is 10.1 Å². The molecular formula is C18H22N2O4S. The Balaban J connectivity index is 2.37. The summed E-state index contributed by atoms with van der Waals surface area (Å²) in [6, 6.07) is 10.0. The van der Waals surface area contributed by atoms with Crippen molar-refractivity contribution in [3.05, 3.63) is 53.1 Å². The molecular weight excluding hydrogens is 340 g/mol. The summed E-state index contributed by atoms with van der Waals surface area (Å²) in [5.41, 5.74) is 2.95. The Hall–Kier alpha value is -2.38. The van der Waals surface area contributed by atoms with Crippen molar-refractivity contribution >= 4 is 21.6 Å². The Morgan fingerprint density at radius 2 is 1.72 bits per heavy atom. The number of anilines is 1. The van der Waals surface area contributed by atoms with Gasteiger partial charge in [-0.2, -0.15) is 0 Å². The number of benzene rings is 2. The van der Waals surface area contributed by atoms with Crippen LogP contribution in [0.15, 0.2) is 41.3 Å². The summed E-state index contributed by atoms with van der Waals surface area (Å²) >= 11 is 0. The Bertz CT molecular complexity index is 872. The first-order valence-electron chi connectivity index (χ1n) is 7.84. The Kier molecular flexibility index (Phi) is 5.81. The number of carbonyl (C=O) groups excluding carboxylic acids is 1. The SMILES string of the molecule is CCNS(=O)(=O)c1cc(C(=O)Nc2cc(C)cc(C)c2)ccc1OC. The number of hydrogen-bond acceptors (Lipinski definition) is 4. The number of rotatable bonds is 6. The number of methoxy groups -OCH3 is 1. The van der Waals surface area contributed by atoms with Crippen molar-refractivity contribution in [1.82, 2.24) is 4.72 Å². The predicted octanol–water partition coefficient (Wildman–Crippen LogP) is 2.86. The van der Waals surface area contributed by atoms with E-state index in [9.17, 15) is 13.2 Å². The molecule has 0 spiro atoms. The van der Waals surface area contributed by atoms with E-state index in [1.54, 1.807) is 6.92 Å². The van der Waals surface area contributed by atoms with Gasteiger partial charge in [-0.25, -0.2) is 13.1 Å². The van der Waals surface area contributed by atoms with Crippen LogP contribution < -0.4 is 14.8 Å². The molecule has 0 aliphatic rings. The van der Waals surface area contributed by atoms with Crippen molar-refractivity contribution in [2.24, 2.45) is 0 Å². The third kappa shape index (κ3) is 4.58. The van der Waals surface area contributed by atoms with Gasteiger partial charge in [-0.1, -0.05) is 13.0 Å². The van der Waals surface area contributed by atoms with Crippen molar-refractivity contribution < 1.29 is 17.9 Å². The van der Waals surface area contributed by atoms with Crippen LogP contribution in [0.1, 0.15) is 28.4 Å². The normalized spacial score (nSPS) is 11.2. The lowest BCUT2D eigenvalue weighted by Crippen LogP contribution is -2.24. The first kappa shape index (κ1) is 19.0. The summed E-state index contributed by atoms with van der Waals surface area (Å²) < 4.78 is 32.1. The zero-order valence-corrected chi connectivity index (χ0v) is 15.5. The van der Waals surface area contributed by atoms with E-state index in [0.717, 1.165) is 11.1 Å². The minimum Gasteiger partial charge on any atom is -0.495 e. The molecule has 25 heavy (non-hydrogen) atoms. The fraction of sp³-hybridized carbons (Fsp3) is 0.278. The van der Waals surface area contributed by atoms with Gasteiger partial charge in [-0.3, -0.25) is 4.79 Å². The van der Waals surface area contributed by atoms with Gasteiger partial charge in [-0.15, -0.1) is 0 Å². The first-order valence-corrected chi connectivity index (χ1v) is 9.32. The maximum Gasteiger partial charge on any atom is 0.255 e. The van der Waals surface area contributed by atoms with E-state index in [1.165, 1.54) is 25.3 Å². The zero-order valence-electron chi connectivity index (χ0n) is 14.7. The number of aryl methyl sites for hydroxylation is 2. The van der Waals surface area contributed by atoms with Crippen LogP contribution in [-0.4, -0.2) is 28.0 Å². The van der Waals surface area contributed by atoms with Crippen LogP contribution in [0.4, 0.5) is 5.69 Å². The molecule has 7 heteroatoms. The number of ether oxygens (including phenoxy) is 1. The van der Waals surface area contributed by atoms with Gasteiger partial charge in [0.2, 0.25) is 10.0 Å². The minimum absolute atomic E-state index is 0.0649. The number of amides is 1. The third-order valence-electron chi connectivity index (χ3n) is 3.53. The molecule has 2 N–H and O–H groups in total. The molecule has 0 aliphatic heterocycles. The summed E-state index contributed by atoms with van der Waals surface area (Å²) in [6.07, 6.45) is 0. The lowest BCUT2D eigenvalue weighted by molar-refractivity contribution is 0.102. The van der Waals surface area contributed by atoms with Crippen LogP contribution in [0.3, 0.4) is 0 Å². The molecule has 0 aromatic heterocycles. The van der Waals surface area contributed by atoms with E-state index in [-0.39, 0.29) is 28.7 Å². The standard InChI is InChI=1S/C18H22N2O4S/c1-5-19-25(22,23)17-11-14(6-7-16(17)24-4)18(21)20-15-9-12(2)8-13(3)10-15/h6-11,19H,5H2,1-4H3,(H,20,21). The molecule has 2 aromatic carbocycles. The van der Waals surface area contributed by atoms with Gasteiger partial charge in [0.1, 0.15) is 10.6 Å². The van der Waals surface area contributed by atoms with E-state index in [0.29, 0.717) is 5.69 Å². The van der Waals surface area contributed by atoms with Crippen LogP contribution in [0.5, 0.6) is 5.75 Å². The monoisotopic (exact) mass is 362 g/mol. The number of carbonyl (C=O) groups is 1. The second kappa shape index (κ2) is 7.67. The van der Waals surface area contributed by atoms with E-state index in [1.807, 2.05) is 32.0 Å². The van der Waals surface area contributed by atoms with Crippen molar-refractivity contribution in [2.75, 3.05) is 19.0 Å². The van der Waals surface area contributed by atoms with Crippen LogP contribution in [0, 0.1) is 13.8 Å². The average Bonchev–Trinajstić information content (AvgIpc) is 2.53. The molecule has 0 unspecified atom stereocenters. The Morgan fingerprint density at radius 3 is 2.28 bits per heavy atom. The average molecular weight is 362 g/mol. The summed E-state index contributed by atoms with van der Waals surface area (Å²) in [6.45, 7) is 5.80. The molecule has 2 aromatic rings. The highest BCUT2D eigenvalue weighted by molar-refractivity contribution is 7.89. The fourth-order valence-corrected chi connectivity index (χ4v) is 3.78. The number of hydrogen-bond donors (Lipinski definition) is 2. The smallest absolute Gasteiger partial charge is 0.255 e. The highest BCUT2D eigenvalue weighted by Crippen LogP contribution is 2.25. The zero-order chi connectivity index (χ0) is 18.6. The molecule has 0 aliphatic carbocycles. The van der Waals surface area contributed by atoms with Gasteiger partial charge >= 0.3 is 0 Å². The third-order valence-corrected chi connectivity index (χ3v) is 5.10. The molecule has 0 fully saturated rings. The van der Waals surface area contributed by atoms with E-state index >= 15 is 0 Å². The molecule has 2 rings (SSSR count). The first-order chi connectivity index (χ1) is 11.8. The summed E-state index contributed by atoms with van der Waals surface area (Å²) in [5, 5.41) is 2.79. The lowest BCUT2D eigenvalue weighted by atomic mass is 10.1.